The van der Waals surface area contributed by atoms with Crippen molar-refractivity contribution >= 4 is 22.4 Å². The van der Waals surface area contributed by atoms with Crippen molar-refractivity contribution in [3.63, 3.8) is 0 Å². The van der Waals surface area contributed by atoms with E-state index in [-0.39, 0.29) is 11.7 Å². The first-order valence-corrected chi connectivity index (χ1v) is 7.98. The molecule has 0 aliphatic carbocycles. The van der Waals surface area contributed by atoms with Crippen molar-refractivity contribution in [3.8, 4) is 0 Å². The lowest BCUT2D eigenvalue weighted by molar-refractivity contribution is 0.101. The Bertz CT molecular complexity index is 853. The molecule has 0 unspecified atom stereocenters. The molecule has 0 aliphatic rings. The average molecular weight is 329 g/mol. The number of nitrogens with one attached hydrogen (secondary N) is 1. The second kappa shape index (κ2) is 6.34. The average Bonchev–Trinajstić information content (AvgIpc) is 3.08. The van der Waals surface area contributed by atoms with Crippen LogP contribution in [0.3, 0.4) is 0 Å². The Balaban J connectivity index is 1.77. The van der Waals surface area contributed by atoms with Gasteiger partial charge in [-0.1, -0.05) is 18.2 Å². The van der Waals surface area contributed by atoms with Crippen LogP contribution in [0.25, 0.3) is 0 Å². The predicted molar refractivity (Wildman–Crippen MR) is 89.4 cm³/mol. The van der Waals surface area contributed by atoms with E-state index in [2.05, 4.69) is 10.3 Å². The van der Waals surface area contributed by atoms with Crippen molar-refractivity contribution in [2.45, 2.75) is 13.3 Å². The molecular weight excluding hydrogens is 313 g/mol. The van der Waals surface area contributed by atoms with Crippen LogP contribution in [0.1, 0.15) is 26.6 Å². The number of aromatic nitrogens is 2. The normalized spacial score (nSPS) is 10.7. The molecule has 4 nitrogen and oxygen atoms in total. The van der Waals surface area contributed by atoms with Gasteiger partial charge in [0.25, 0.3) is 5.91 Å². The molecule has 0 atom stereocenters. The molecule has 2 heterocycles. The lowest BCUT2D eigenvalue weighted by Crippen LogP contribution is -2.15. The van der Waals surface area contributed by atoms with Crippen molar-refractivity contribution in [2.75, 3.05) is 5.32 Å². The molecule has 0 saturated heterocycles. The summed E-state index contributed by atoms with van der Waals surface area (Å²) in [6, 6.07) is 10.2. The molecule has 6 heteroatoms. The summed E-state index contributed by atoms with van der Waals surface area (Å²) in [4.78, 5) is 17.5. The Kier molecular flexibility index (Phi) is 4.25. The van der Waals surface area contributed by atoms with Crippen molar-refractivity contribution in [1.82, 2.24) is 9.55 Å². The van der Waals surface area contributed by atoms with Gasteiger partial charge in [-0.2, -0.15) is 0 Å². The van der Waals surface area contributed by atoms with Crippen molar-refractivity contribution in [3.05, 3.63) is 70.2 Å². The minimum atomic E-state index is -0.227. The smallest absolute Gasteiger partial charge is 0.274 e. The third-order valence-electron chi connectivity index (χ3n) is 3.60. The summed E-state index contributed by atoms with van der Waals surface area (Å²) >= 11 is 1.38. The third-order valence-corrected chi connectivity index (χ3v) is 4.67. The summed E-state index contributed by atoms with van der Waals surface area (Å²) in [5, 5.41) is 3.33. The van der Waals surface area contributed by atoms with Gasteiger partial charge in [-0.15, -0.1) is 11.3 Å². The zero-order valence-corrected chi connectivity index (χ0v) is 13.7. The molecule has 1 N–H and O–H groups in total. The fourth-order valence-electron chi connectivity index (χ4n) is 2.32. The molecule has 0 spiro atoms. The van der Waals surface area contributed by atoms with Crippen LogP contribution in [0.5, 0.6) is 0 Å². The largest absolute Gasteiger partial charge is 0.347 e. The van der Waals surface area contributed by atoms with Crippen LogP contribution < -0.4 is 5.32 Å². The molecule has 1 aromatic carbocycles. The number of rotatable bonds is 4. The number of nitrogens with zero attached hydrogens (tertiary/aromatic N) is 2. The van der Waals surface area contributed by atoms with E-state index in [0.717, 1.165) is 10.6 Å². The third kappa shape index (κ3) is 3.32. The summed E-state index contributed by atoms with van der Waals surface area (Å²) in [6.45, 7) is 1.87. The van der Waals surface area contributed by atoms with E-state index in [0.29, 0.717) is 22.8 Å². The van der Waals surface area contributed by atoms with Crippen LogP contribution in [0.15, 0.2) is 42.6 Å². The molecule has 0 aliphatic heterocycles. The SMILES string of the molecule is Cc1nc(NC(=O)c2cccn2C)sc1Cc1ccccc1F. The fraction of sp³-hybridized carbons (Fsp3) is 0.176. The number of benzene rings is 1. The zero-order valence-electron chi connectivity index (χ0n) is 12.8. The highest BCUT2D eigenvalue weighted by Crippen LogP contribution is 2.26. The van der Waals surface area contributed by atoms with Crippen molar-refractivity contribution < 1.29 is 9.18 Å². The molecule has 118 valence electrons. The van der Waals surface area contributed by atoms with Gasteiger partial charge in [0.15, 0.2) is 5.13 Å². The summed E-state index contributed by atoms with van der Waals surface area (Å²) in [5.41, 5.74) is 1.99. The molecule has 0 fully saturated rings. The maximum Gasteiger partial charge on any atom is 0.274 e. The van der Waals surface area contributed by atoms with E-state index in [1.54, 1.807) is 22.8 Å². The summed E-state index contributed by atoms with van der Waals surface area (Å²) < 4.78 is 15.5. The topological polar surface area (TPSA) is 46.9 Å². The number of anilines is 1. The second-order valence-corrected chi connectivity index (χ2v) is 6.34. The van der Waals surface area contributed by atoms with Crippen LogP contribution in [0.4, 0.5) is 9.52 Å². The van der Waals surface area contributed by atoms with Crippen LogP contribution >= 0.6 is 11.3 Å². The van der Waals surface area contributed by atoms with E-state index in [4.69, 9.17) is 0 Å². The number of halogens is 1. The number of carbonyl (C=O) groups is 1. The van der Waals surface area contributed by atoms with E-state index in [9.17, 15) is 9.18 Å². The molecule has 0 radical (unpaired) electrons. The molecule has 1 amide bonds. The predicted octanol–water partition coefficient (Wildman–Crippen LogP) is 3.77. The highest BCUT2D eigenvalue weighted by atomic mass is 32.1. The lowest BCUT2D eigenvalue weighted by atomic mass is 10.1. The summed E-state index contributed by atoms with van der Waals surface area (Å²) in [7, 11) is 1.81. The first-order chi connectivity index (χ1) is 11.0. The zero-order chi connectivity index (χ0) is 16.4. The van der Waals surface area contributed by atoms with E-state index in [1.807, 2.05) is 32.3 Å². The van der Waals surface area contributed by atoms with Crippen LogP contribution in [0.2, 0.25) is 0 Å². The van der Waals surface area contributed by atoms with E-state index in [1.165, 1.54) is 17.4 Å². The standard InChI is InChI=1S/C17H16FN3OS/c1-11-15(10-12-6-3-4-7-13(12)18)23-17(19-11)20-16(22)14-8-5-9-21(14)2/h3-9H,10H2,1-2H3,(H,19,20,22). The lowest BCUT2D eigenvalue weighted by Gasteiger charge is -2.02. The van der Waals surface area contributed by atoms with Gasteiger partial charge >= 0.3 is 0 Å². The highest BCUT2D eigenvalue weighted by Gasteiger charge is 2.14. The Morgan fingerprint density at radius 3 is 2.78 bits per heavy atom. The Labute approximate surface area is 137 Å². The molecule has 0 saturated carbocycles. The first kappa shape index (κ1) is 15.4. The number of hydrogen-bond donors (Lipinski definition) is 1. The minimum Gasteiger partial charge on any atom is -0.347 e. The second-order valence-electron chi connectivity index (χ2n) is 5.25. The quantitative estimate of drug-likeness (QED) is 0.792. The molecule has 23 heavy (non-hydrogen) atoms. The Hall–Kier alpha value is -2.47. The van der Waals surface area contributed by atoms with Crippen molar-refractivity contribution in [2.24, 2.45) is 7.05 Å². The number of hydrogen-bond acceptors (Lipinski definition) is 3. The number of thiazole rings is 1. The van der Waals surface area contributed by atoms with Crippen LogP contribution in [-0.2, 0) is 13.5 Å². The molecule has 3 aromatic rings. The van der Waals surface area contributed by atoms with Gasteiger partial charge in [-0.3, -0.25) is 10.1 Å². The Morgan fingerprint density at radius 1 is 1.30 bits per heavy atom. The van der Waals surface area contributed by atoms with Gasteiger partial charge in [0, 0.05) is 24.5 Å². The number of amides is 1. The summed E-state index contributed by atoms with van der Waals surface area (Å²) in [5.74, 6) is -0.432. The molecule has 3 rings (SSSR count). The van der Waals surface area contributed by atoms with Gasteiger partial charge in [0.1, 0.15) is 11.5 Å². The van der Waals surface area contributed by atoms with E-state index >= 15 is 0 Å². The van der Waals surface area contributed by atoms with Gasteiger partial charge in [0.2, 0.25) is 0 Å². The number of aryl methyl sites for hydroxylation is 2. The first-order valence-electron chi connectivity index (χ1n) is 7.17. The minimum absolute atomic E-state index is 0.205. The Morgan fingerprint density at radius 2 is 2.09 bits per heavy atom. The van der Waals surface area contributed by atoms with Crippen LogP contribution in [-0.4, -0.2) is 15.5 Å². The molecule has 2 aromatic heterocycles. The van der Waals surface area contributed by atoms with E-state index < -0.39 is 0 Å². The number of carbonyl (C=O) groups excluding carboxylic acids is 1. The highest BCUT2D eigenvalue weighted by molar-refractivity contribution is 7.15. The monoisotopic (exact) mass is 329 g/mol. The van der Waals surface area contributed by atoms with Gasteiger partial charge in [0.05, 0.1) is 5.69 Å². The van der Waals surface area contributed by atoms with Crippen molar-refractivity contribution in [1.29, 1.82) is 0 Å². The maximum atomic E-state index is 13.8. The van der Waals surface area contributed by atoms with Crippen LogP contribution in [0, 0.1) is 12.7 Å². The van der Waals surface area contributed by atoms with Gasteiger partial charge < -0.3 is 4.57 Å². The fourth-order valence-corrected chi connectivity index (χ4v) is 3.30. The summed E-state index contributed by atoms with van der Waals surface area (Å²) in [6.07, 6.45) is 2.28. The maximum absolute atomic E-state index is 13.8. The van der Waals surface area contributed by atoms with Gasteiger partial charge in [-0.25, -0.2) is 9.37 Å². The molecular formula is C17H16FN3OS. The van der Waals surface area contributed by atoms with Gasteiger partial charge in [-0.05, 0) is 30.7 Å². The molecule has 0 bridgehead atoms.